The normalized spacial score (nSPS) is 11.3. The van der Waals surface area contributed by atoms with E-state index < -0.39 is 11.7 Å². The van der Waals surface area contributed by atoms with Crippen LogP contribution in [0.5, 0.6) is 0 Å². The fourth-order valence-electron chi connectivity index (χ4n) is 1.18. The average molecular weight is 288 g/mol. The maximum absolute atomic E-state index is 11.8. The highest BCUT2D eigenvalue weighted by Gasteiger charge is 2.22. The summed E-state index contributed by atoms with van der Waals surface area (Å²) in [4.78, 5) is 23.1. The van der Waals surface area contributed by atoms with Gasteiger partial charge in [0.05, 0.1) is 10.3 Å². The fraction of sp³-hybridized carbons (Fsp3) is 0.455. The van der Waals surface area contributed by atoms with Gasteiger partial charge in [-0.15, -0.1) is 0 Å². The quantitative estimate of drug-likeness (QED) is 0.745. The number of aromatic nitrogens is 1. The smallest absolute Gasteiger partial charge is 0.420 e. The van der Waals surface area contributed by atoms with Crippen molar-refractivity contribution in [3.63, 3.8) is 0 Å². The Bertz CT molecular complexity index is 429. The third-order valence-corrected chi connectivity index (χ3v) is 2.39. The number of ketones is 1. The van der Waals surface area contributed by atoms with Crippen LogP contribution in [-0.4, -0.2) is 22.0 Å². The van der Waals surface area contributed by atoms with Crippen LogP contribution in [0.4, 0.5) is 4.79 Å². The highest BCUT2D eigenvalue weighted by molar-refractivity contribution is 9.10. The molecule has 0 fully saturated rings. The van der Waals surface area contributed by atoms with Gasteiger partial charge in [-0.1, -0.05) is 0 Å². The summed E-state index contributed by atoms with van der Waals surface area (Å²) in [6.07, 6.45) is -0.561. The van der Waals surface area contributed by atoms with Crippen molar-refractivity contribution in [1.29, 1.82) is 0 Å². The first-order valence-corrected chi connectivity index (χ1v) is 5.63. The maximum atomic E-state index is 11.8. The van der Waals surface area contributed by atoms with Crippen LogP contribution in [0.15, 0.2) is 16.7 Å². The van der Waals surface area contributed by atoms with Gasteiger partial charge in [-0.3, -0.25) is 4.79 Å². The molecule has 0 aliphatic heterocycles. The minimum atomic E-state index is -0.588. The van der Waals surface area contributed by atoms with Gasteiger partial charge in [0.15, 0.2) is 5.78 Å². The molecule has 1 rings (SSSR count). The molecule has 88 valence electrons. The molecule has 0 saturated heterocycles. The number of halogens is 1. The summed E-state index contributed by atoms with van der Waals surface area (Å²) in [5, 5.41) is 0. The number of hydrogen-bond donors (Lipinski definition) is 0. The van der Waals surface area contributed by atoms with E-state index in [1.807, 2.05) is 0 Å². The van der Waals surface area contributed by atoms with Crippen molar-refractivity contribution in [3.8, 4) is 0 Å². The molecule has 0 N–H and O–H groups in total. The molecule has 0 bridgehead atoms. The van der Waals surface area contributed by atoms with Crippen LogP contribution in [0.2, 0.25) is 0 Å². The Balaban J connectivity index is 3.08. The molecule has 1 aromatic heterocycles. The topological polar surface area (TPSA) is 48.3 Å². The highest BCUT2D eigenvalue weighted by Crippen LogP contribution is 2.19. The third kappa shape index (κ3) is 2.95. The number of carbonyl (C=O) groups is 2. The lowest BCUT2D eigenvalue weighted by atomic mass is 10.2. The standard InChI is InChI=1S/C11H14BrNO3/c1-7(14)8-5-6-9(12)13(8)10(15)16-11(2,3)4/h5-6H,1-4H3. The summed E-state index contributed by atoms with van der Waals surface area (Å²) >= 11 is 3.20. The lowest BCUT2D eigenvalue weighted by Gasteiger charge is -2.20. The first kappa shape index (κ1) is 13.0. The molecule has 1 aromatic rings. The average Bonchev–Trinajstić information content (AvgIpc) is 2.43. The number of rotatable bonds is 1. The zero-order chi connectivity index (χ0) is 12.5. The molecular formula is C11H14BrNO3. The fourth-order valence-corrected chi connectivity index (χ4v) is 1.65. The Labute approximate surface area is 103 Å². The van der Waals surface area contributed by atoms with Crippen LogP contribution in [0.3, 0.4) is 0 Å². The van der Waals surface area contributed by atoms with E-state index in [-0.39, 0.29) is 5.78 Å². The number of ether oxygens (including phenoxy) is 1. The monoisotopic (exact) mass is 287 g/mol. The van der Waals surface area contributed by atoms with E-state index in [0.29, 0.717) is 10.3 Å². The van der Waals surface area contributed by atoms with Crippen molar-refractivity contribution in [2.24, 2.45) is 0 Å². The predicted octanol–water partition coefficient (Wildman–Crippen LogP) is 3.24. The molecular weight excluding hydrogens is 274 g/mol. The number of carbonyl (C=O) groups excluding carboxylic acids is 2. The van der Waals surface area contributed by atoms with Crippen LogP contribution in [0.25, 0.3) is 0 Å². The molecule has 4 nitrogen and oxygen atoms in total. The summed E-state index contributed by atoms with van der Waals surface area (Å²) in [6.45, 7) is 6.73. The molecule has 0 saturated carbocycles. The lowest BCUT2D eigenvalue weighted by Crippen LogP contribution is -2.28. The van der Waals surface area contributed by atoms with Gasteiger partial charge in [-0.25, -0.2) is 9.36 Å². The molecule has 0 radical (unpaired) electrons. The van der Waals surface area contributed by atoms with E-state index in [2.05, 4.69) is 15.9 Å². The van der Waals surface area contributed by atoms with Gasteiger partial charge in [0.2, 0.25) is 0 Å². The molecule has 16 heavy (non-hydrogen) atoms. The molecule has 5 heteroatoms. The number of nitrogens with zero attached hydrogens (tertiary/aromatic N) is 1. The van der Waals surface area contributed by atoms with Crippen molar-refractivity contribution in [1.82, 2.24) is 4.57 Å². The second-order valence-electron chi connectivity index (χ2n) is 4.41. The van der Waals surface area contributed by atoms with Crippen molar-refractivity contribution >= 4 is 27.8 Å². The Morgan fingerprint density at radius 2 is 1.88 bits per heavy atom. The Kier molecular flexibility index (Phi) is 3.57. The van der Waals surface area contributed by atoms with Crippen molar-refractivity contribution in [3.05, 3.63) is 22.4 Å². The molecule has 0 amide bonds. The van der Waals surface area contributed by atoms with E-state index in [1.54, 1.807) is 32.9 Å². The molecule has 1 heterocycles. The minimum Gasteiger partial charge on any atom is -0.443 e. The van der Waals surface area contributed by atoms with E-state index >= 15 is 0 Å². The van der Waals surface area contributed by atoms with Crippen molar-refractivity contribution in [2.45, 2.75) is 33.3 Å². The molecule has 0 aliphatic carbocycles. The van der Waals surface area contributed by atoms with E-state index in [0.717, 1.165) is 0 Å². The summed E-state index contributed by atoms with van der Waals surface area (Å²) in [7, 11) is 0. The van der Waals surface area contributed by atoms with Gasteiger partial charge < -0.3 is 4.74 Å². The van der Waals surface area contributed by atoms with E-state index in [1.165, 1.54) is 11.5 Å². The van der Waals surface area contributed by atoms with Gasteiger partial charge in [0.25, 0.3) is 0 Å². The first-order valence-electron chi connectivity index (χ1n) is 4.84. The van der Waals surface area contributed by atoms with Crippen LogP contribution < -0.4 is 0 Å². The zero-order valence-electron chi connectivity index (χ0n) is 9.70. The summed E-state index contributed by atoms with van der Waals surface area (Å²) in [6, 6.07) is 3.22. The van der Waals surface area contributed by atoms with Crippen LogP contribution in [0, 0.1) is 0 Å². The van der Waals surface area contributed by atoms with Gasteiger partial charge in [0.1, 0.15) is 5.60 Å². The van der Waals surface area contributed by atoms with Crippen molar-refractivity contribution < 1.29 is 14.3 Å². The summed E-state index contributed by atoms with van der Waals surface area (Å²) < 4.78 is 6.92. The van der Waals surface area contributed by atoms with Crippen molar-refractivity contribution in [2.75, 3.05) is 0 Å². The Morgan fingerprint density at radius 1 is 1.31 bits per heavy atom. The molecule has 0 unspecified atom stereocenters. The van der Waals surface area contributed by atoms with Crippen LogP contribution in [0.1, 0.15) is 38.2 Å². The van der Waals surface area contributed by atoms with Crippen LogP contribution >= 0.6 is 15.9 Å². The predicted molar refractivity (Wildman–Crippen MR) is 63.8 cm³/mol. The largest absolute Gasteiger partial charge is 0.443 e. The SMILES string of the molecule is CC(=O)c1ccc(Br)n1C(=O)OC(C)(C)C. The van der Waals surface area contributed by atoms with E-state index in [4.69, 9.17) is 4.74 Å². The molecule has 0 spiro atoms. The van der Waals surface area contributed by atoms with Gasteiger partial charge >= 0.3 is 6.09 Å². The number of Topliss-reactive ketones (excluding diaryl/α,β-unsaturated/α-hetero) is 1. The Morgan fingerprint density at radius 3 is 2.31 bits per heavy atom. The molecule has 0 atom stereocenters. The first-order chi connectivity index (χ1) is 7.22. The van der Waals surface area contributed by atoms with Gasteiger partial charge in [0, 0.05) is 6.92 Å². The van der Waals surface area contributed by atoms with Gasteiger partial charge in [-0.05, 0) is 48.8 Å². The van der Waals surface area contributed by atoms with E-state index in [9.17, 15) is 9.59 Å². The molecule has 0 aromatic carbocycles. The minimum absolute atomic E-state index is 0.184. The Hall–Kier alpha value is -1.10. The second-order valence-corrected chi connectivity index (χ2v) is 5.23. The third-order valence-electron chi connectivity index (χ3n) is 1.77. The highest BCUT2D eigenvalue weighted by atomic mass is 79.9. The van der Waals surface area contributed by atoms with Crippen LogP contribution in [-0.2, 0) is 4.74 Å². The second kappa shape index (κ2) is 4.41. The lowest BCUT2D eigenvalue weighted by molar-refractivity contribution is 0.0525. The number of hydrogen-bond acceptors (Lipinski definition) is 3. The van der Waals surface area contributed by atoms with Gasteiger partial charge in [-0.2, -0.15) is 0 Å². The molecule has 0 aliphatic rings. The zero-order valence-corrected chi connectivity index (χ0v) is 11.3. The summed E-state index contributed by atoms with van der Waals surface area (Å²) in [5.41, 5.74) is -0.282. The maximum Gasteiger partial charge on any atom is 0.420 e. The summed E-state index contributed by atoms with van der Waals surface area (Å²) in [5.74, 6) is -0.184.